The highest BCUT2D eigenvalue weighted by Crippen LogP contribution is 2.19. The maximum Gasteiger partial charge on any atom is 0.222 e. The molecular weight excluding hydrogens is 152 g/mol. The second kappa shape index (κ2) is 3.05. The fourth-order valence-corrected chi connectivity index (χ4v) is 1.56. The maximum absolute atomic E-state index is 11.3. The van der Waals surface area contributed by atoms with Crippen molar-refractivity contribution >= 4 is 5.91 Å². The summed E-state index contributed by atoms with van der Waals surface area (Å²) in [5, 5.41) is 0. The summed E-state index contributed by atoms with van der Waals surface area (Å²) in [6, 6.07) is 0.375. The maximum atomic E-state index is 11.3. The van der Waals surface area contributed by atoms with Crippen LogP contribution in [0.1, 0.15) is 33.6 Å². The molecule has 3 heteroatoms. The minimum atomic E-state index is -0.270. The largest absolute Gasteiger partial charge is 0.338 e. The van der Waals surface area contributed by atoms with Crippen molar-refractivity contribution in [1.29, 1.82) is 0 Å². The molecule has 1 aliphatic rings. The number of nitrogens with zero attached hydrogens (tertiary/aromatic N) is 1. The van der Waals surface area contributed by atoms with E-state index < -0.39 is 0 Å². The summed E-state index contributed by atoms with van der Waals surface area (Å²) in [5.74, 6) is 0.251. The van der Waals surface area contributed by atoms with Crippen LogP contribution in [0.4, 0.5) is 0 Å². The number of rotatable bonds is 2. The first-order chi connectivity index (χ1) is 5.40. The molecule has 0 aromatic heterocycles. The number of hydrogen-bond donors (Lipinski definition) is 1. The molecule has 1 amide bonds. The lowest BCUT2D eigenvalue weighted by molar-refractivity contribution is -0.129. The summed E-state index contributed by atoms with van der Waals surface area (Å²) in [6.07, 6.45) is 1.67. The van der Waals surface area contributed by atoms with Crippen molar-refractivity contribution in [3.05, 3.63) is 0 Å². The van der Waals surface area contributed by atoms with Gasteiger partial charge in [-0.2, -0.15) is 0 Å². The molecule has 1 fully saturated rings. The van der Waals surface area contributed by atoms with Gasteiger partial charge in [-0.3, -0.25) is 4.79 Å². The van der Waals surface area contributed by atoms with Crippen molar-refractivity contribution in [2.24, 2.45) is 5.73 Å². The fourth-order valence-electron chi connectivity index (χ4n) is 1.56. The number of hydrogen-bond acceptors (Lipinski definition) is 2. The molecule has 3 nitrogen and oxygen atoms in total. The lowest BCUT2D eigenvalue weighted by Gasteiger charge is -2.29. The van der Waals surface area contributed by atoms with Crippen LogP contribution >= 0.6 is 0 Å². The van der Waals surface area contributed by atoms with E-state index >= 15 is 0 Å². The zero-order chi connectivity index (χ0) is 9.35. The quantitative estimate of drug-likeness (QED) is 0.664. The number of likely N-dealkylation sites (tertiary alicyclic amines) is 1. The van der Waals surface area contributed by atoms with Crippen molar-refractivity contribution < 1.29 is 4.79 Å². The first kappa shape index (κ1) is 9.52. The molecule has 1 heterocycles. The smallest absolute Gasteiger partial charge is 0.222 e. The number of carbonyl (C=O) groups is 1. The van der Waals surface area contributed by atoms with Crippen LogP contribution in [0, 0.1) is 0 Å². The van der Waals surface area contributed by atoms with Gasteiger partial charge in [-0.15, -0.1) is 0 Å². The summed E-state index contributed by atoms with van der Waals surface area (Å²) in [4.78, 5) is 13.2. The van der Waals surface area contributed by atoms with E-state index in [2.05, 4.69) is 6.92 Å². The highest BCUT2D eigenvalue weighted by atomic mass is 16.2. The average Bonchev–Trinajstić information content (AvgIpc) is 2.16. The van der Waals surface area contributed by atoms with Gasteiger partial charge >= 0.3 is 0 Å². The van der Waals surface area contributed by atoms with E-state index in [0.29, 0.717) is 19.0 Å². The number of nitrogens with two attached hydrogens (primary N) is 1. The molecular formula is C9H18N2O. The molecule has 1 rings (SSSR count). The van der Waals surface area contributed by atoms with Gasteiger partial charge in [-0.25, -0.2) is 0 Å². The third-order valence-electron chi connectivity index (χ3n) is 2.21. The summed E-state index contributed by atoms with van der Waals surface area (Å²) in [5.41, 5.74) is 5.58. The van der Waals surface area contributed by atoms with E-state index in [1.165, 1.54) is 0 Å². The average molecular weight is 170 g/mol. The molecule has 0 aliphatic carbocycles. The van der Waals surface area contributed by atoms with Gasteiger partial charge in [0.05, 0.1) is 0 Å². The SMILES string of the molecule is CC1CCC(=O)N1CC(C)(C)N. The van der Waals surface area contributed by atoms with Crippen LogP contribution in [0.25, 0.3) is 0 Å². The van der Waals surface area contributed by atoms with Crippen molar-refractivity contribution in [3.63, 3.8) is 0 Å². The van der Waals surface area contributed by atoms with Crippen LogP contribution in [0.3, 0.4) is 0 Å². The van der Waals surface area contributed by atoms with Crippen molar-refractivity contribution in [3.8, 4) is 0 Å². The van der Waals surface area contributed by atoms with Crippen LogP contribution in [0.5, 0.6) is 0 Å². The molecule has 2 N–H and O–H groups in total. The van der Waals surface area contributed by atoms with Crippen LogP contribution in [0.15, 0.2) is 0 Å². The first-order valence-electron chi connectivity index (χ1n) is 4.48. The van der Waals surface area contributed by atoms with Gasteiger partial charge in [-0.05, 0) is 27.2 Å². The van der Waals surface area contributed by atoms with E-state index in [4.69, 9.17) is 5.73 Å². The standard InChI is InChI=1S/C9H18N2O/c1-7-4-5-8(12)11(7)6-9(2,3)10/h7H,4-6,10H2,1-3H3. The molecule has 0 aromatic carbocycles. The molecule has 1 saturated heterocycles. The van der Waals surface area contributed by atoms with Gasteiger partial charge in [0.15, 0.2) is 0 Å². The predicted octanol–water partition coefficient (Wildman–Crippen LogP) is 0.735. The van der Waals surface area contributed by atoms with Crippen molar-refractivity contribution in [1.82, 2.24) is 4.90 Å². The molecule has 1 aliphatic heterocycles. The molecule has 12 heavy (non-hydrogen) atoms. The number of amides is 1. The summed E-state index contributed by atoms with van der Waals surface area (Å²) in [6.45, 7) is 6.65. The van der Waals surface area contributed by atoms with E-state index in [1.807, 2.05) is 18.7 Å². The Kier molecular flexibility index (Phi) is 2.42. The molecule has 0 bridgehead atoms. The van der Waals surface area contributed by atoms with Crippen LogP contribution in [-0.4, -0.2) is 28.9 Å². The van der Waals surface area contributed by atoms with Gasteiger partial charge in [-0.1, -0.05) is 0 Å². The van der Waals surface area contributed by atoms with Gasteiger partial charge in [0.1, 0.15) is 0 Å². The highest BCUT2D eigenvalue weighted by Gasteiger charge is 2.30. The lowest BCUT2D eigenvalue weighted by Crippen LogP contribution is -2.47. The zero-order valence-corrected chi connectivity index (χ0v) is 8.13. The Morgan fingerprint density at radius 1 is 1.67 bits per heavy atom. The minimum absolute atomic E-state index is 0.251. The van der Waals surface area contributed by atoms with E-state index in [-0.39, 0.29) is 11.4 Å². The molecule has 0 saturated carbocycles. The third kappa shape index (κ3) is 2.21. The molecule has 1 unspecified atom stereocenters. The summed E-state index contributed by atoms with van der Waals surface area (Å²) in [7, 11) is 0. The lowest BCUT2D eigenvalue weighted by atomic mass is 10.1. The third-order valence-corrected chi connectivity index (χ3v) is 2.21. The molecule has 0 aromatic rings. The highest BCUT2D eigenvalue weighted by molar-refractivity contribution is 5.78. The van der Waals surface area contributed by atoms with Gasteiger partial charge < -0.3 is 10.6 Å². The van der Waals surface area contributed by atoms with Crippen LogP contribution in [0.2, 0.25) is 0 Å². The normalized spacial score (nSPS) is 25.2. The predicted molar refractivity (Wildman–Crippen MR) is 48.7 cm³/mol. The molecule has 0 spiro atoms. The van der Waals surface area contributed by atoms with E-state index in [1.54, 1.807) is 0 Å². The number of carbonyl (C=O) groups excluding carboxylic acids is 1. The minimum Gasteiger partial charge on any atom is -0.338 e. The second-order valence-electron chi connectivity index (χ2n) is 4.40. The summed E-state index contributed by atoms with van der Waals surface area (Å²) >= 11 is 0. The Labute approximate surface area is 73.9 Å². The summed E-state index contributed by atoms with van der Waals surface area (Å²) < 4.78 is 0. The Morgan fingerprint density at radius 2 is 2.25 bits per heavy atom. The molecule has 70 valence electrons. The van der Waals surface area contributed by atoms with Gasteiger partial charge in [0, 0.05) is 24.5 Å². The van der Waals surface area contributed by atoms with Crippen molar-refractivity contribution in [2.75, 3.05) is 6.54 Å². The Bertz CT molecular complexity index is 183. The van der Waals surface area contributed by atoms with Gasteiger partial charge in [0.25, 0.3) is 0 Å². The Balaban J connectivity index is 2.56. The topological polar surface area (TPSA) is 46.3 Å². The first-order valence-corrected chi connectivity index (χ1v) is 4.48. The van der Waals surface area contributed by atoms with E-state index in [0.717, 1.165) is 6.42 Å². The Hall–Kier alpha value is -0.570. The zero-order valence-electron chi connectivity index (χ0n) is 8.13. The van der Waals surface area contributed by atoms with Gasteiger partial charge in [0.2, 0.25) is 5.91 Å². The van der Waals surface area contributed by atoms with Crippen LogP contribution in [-0.2, 0) is 4.79 Å². The fraction of sp³-hybridized carbons (Fsp3) is 0.889. The monoisotopic (exact) mass is 170 g/mol. The Morgan fingerprint density at radius 3 is 2.58 bits per heavy atom. The van der Waals surface area contributed by atoms with Crippen molar-refractivity contribution in [2.45, 2.75) is 45.2 Å². The van der Waals surface area contributed by atoms with E-state index in [9.17, 15) is 4.79 Å². The molecule has 0 radical (unpaired) electrons. The van der Waals surface area contributed by atoms with Crippen LogP contribution < -0.4 is 5.73 Å². The second-order valence-corrected chi connectivity index (χ2v) is 4.40. The molecule has 1 atom stereocenters.